The van der Waals surface area contributed by atoms with Crippen LogP contribution in [0.4, 0.5) is 0 Å². The molecular weight excluding hydrogens is 268 g/mol. The predicted octanol–water partition coefficient (Wildman–Crippen LogP) is 5.00. The topological polar surface area (TPSA) is 17.1 Å². The first-order valence-corrected chi connectivity index (χ1v) is 8.19. The van der Waals surface area contributed by atoms with Gasteiger partial charge >= 0.3 is 0 Å². The average molecular weight is 294 g/mol. The quantitative estimate of drug-likeness (QED) is 0.657. The van der Waals surface area contributed by atoms with Gasteiger partial charge in [0, 0.05) is 17.9 Å². The second kappa shape index (κ2) is 4.68. The standard InChI is InChI=1S/C21H26O/c1-20(2,3)16-12-17(21(4,5)6)19-13-9-7-8-10-18(22)14(13)11-15(16)19/h7-10,12,17H,11H2,1-6H3. The van der Waals surface area contributed by atoms with Gasteiger partial charge in [-0.1, -0.05) is 65.8 Å². The number of allylic oxidation sites excluding steroid dienone is 4. The zero-order valence-corrected chi connectivity index (χ0v) is 14.6. The molecule has 0 N–H and O–H groups in total. The van der Waals surface area contributed by atoms with Crippen LogP contribution in [0.25, 0.3) is 5.57 Å². The highest BCUT2D eigenvalue weighted by atomic mass is 16.1. The van der Waals surface area contributed by atoms with Crippen molar-refractivity contribution < 1.29 is 0 Å². The Bertz CT molecular complexity index is 749. The lowest BCUT2D eigenvalue weighted by atomic mass is 9.75. The summed E-state index contributed by atoms with van der Waals surface area (Å²) in [5, 5.41) is 0. The predicted molar refractivity (Wildman–Crippen MR) is 93.8 cm³/mol. The van der Waals surface area contributed by atoms with Gasteiger partial charge in [-0.05, 0) is 39.2 Å². The van der Waals surface area contributed by atoms with E-state index >= 15 is 0 Å². The van der Waals surface area contributed by atoms with Gasteiger partial charge in [0.2, 0.25) is 0 Å². The van der Waals surface area contributed by atoms with Gasteiger partial charge in [0.15, 0.2) is 5.43 Å². The molecule has 22 heavy (non-hydrogen) atoms. The molecule has 3 rings (SSSR count). The Kier molecular flexibility index (Phi) is 3.25. The van der Waals surface area contributed by atoms with Crippen LogP contribution in [0.2, 0.25) is 0 Å². The Balaban J connectivity index is 2.26. The minimum Gasteiger partial charge on any atom is -0.290 e. The molecule has 0 bridgehead atoms. The Labute approximate surface area is 133 Å². The van der Waals surface area contributed by atoms with Crippen LogP contribution < -0.4 is 5.43 Å². The molecule has 1 unspecified atom stereocenters. The van der Waals surface area contributed by atoms with Crippen LogP contribution in [0.5, 0.6) is 0 Å². The van der Waals surface area contributed by atoms with E-state index in [0.29, 0.717) is 5.92 Å². The molecule has 116 valence electrons. The molecule has 0 fully saturated rings. The van der Waals surface area contributed by atoms with Gasteiger partial charge in [-0.2, -0.15) is 0 Å². The van der Waals surface area contributed by atoms with Crippen LogP contribution in [-0.4, -0.2) is 0 Å². The molecule has 1 aromatic rings. The van der Waals surface area contributed by atoms with Crippen molar-refractivity contribution in [2.75, 3.05) is 0 Å². The molecule has 0 radical (unpaired) electrons. The fourth-order valence-corrected chi connectivity index (χ4v) is 3.83. The SMILES string of the molecule is CC(C)(C)C1=CC(C(C)(C)C)C2=C1Cc1c2ccccc1=O. The van der Waals surface area contributed by atoms with Crippen LogP contribution in [0, 0.1) is 16.7 Å². The lowest BCUT2D eigenvalue weighted by Gasteiger charge is -2.28. The summed E-state index contributed by atoms with van der Waals surface area (Å²) in [6.45, 7) is 13.7. The summed E-state index contributed by atoms with van der Waals surface area (Å²) in [4.78, 5) is 12.4. The maximum atomic E-state index is 12.4. The van der Waals surface area contributed by atoms with Gasteiger partial charge < -0.3 is 0 Å². The molecule has 0 aliphatic heterocycles. The van der Waals surface area contributed by atoms with Gasteiger partial charge in [0.1, 0.15) is 0 Å². The first-order chi connectivity index (χ1) is 10.1. The summed E-state index contributed by atoms with van der Waals surface area (Å²) in [5.41, 5.74) is 6.86. The van der Waals surface area contributed by atoms with Crippen LogP contribution >= 0.6 is 0 Å². The van der Waals surface area contributed by atoms with Crippen molar-refractivity contribution in [3.05, 3.63) is 62.8 Å². The van der Waals surface area contributed by atoms with E-state index in [2.05, 4.69) is 53.7 Å². The smallest absolute Gasteiger partial charge is 0.182 e. The second-order valence-corrected chi connectivity index (χ2v) is 8.72. The Hall–Kier alpha value is -1.63. The average Bonchev–Trinajstić information content (AvgIpc) is 2.84. The zero-order chi connectivity index (χ0) is 16.3. The summed E-state index contributed by atoms with van der Waals surface area (Å²) in [7, 11) is 0. The van der Waals surface area contributed by atoms with Gasteiger partial charge in [0.05, 0.1) is 0 Å². The van der Waals surface area contributed by atoms with E-state index in [4.69, 9.17) is 0 Å². The molecule has 1 heteroatoms. The van der Waals surface area contributed by atoms with Crippen molar-refractivity contribution in [2.24, 2.45) is 16.7 Å². The highest BCUT2D eigenvalue weighted by Gasteiger charge is 2.41. The van der Waals surface area contributed by atoms with Crippen molar-refractivity contribution in [2.45, 2.75) is 48.0 Å². The lowest BCUT2D eigenvalue weighted by Crippen LogP contribution is -2.19. The van der Waals surface area contributed by atoms with E-state index in [1.54, 1.807) is 6.07 Å². The summed E-state index contributed by atoms with van der Waals surface area (Å²) >= 11 is 0. The number of rotatable bonds is 0. The molecule has 0 amide bonds. The number of hydrogen-bond acceptors (Lipinski definition) is 1. The molecular formula is C21H26O. The van der Waals surface area contributed by atoms with Crippen molar-refractivity contribution in [1.29, 1.82) is 0 Å². The molecule has 0 saturated heterocycles. The van der Waals surface area contributed by atoms with Gasteiger partial charge in [-0.25, -0.2) is 0 Å². The Morgan fingerprint density at radius 3 is 2.23 bits per heavy atom. The third-order valence-corrected chi connectivity index (χ3v) is 4.92. The minimum atomic E-state index is 0.119. The third-order valence-electron chi connectivity index (χ3n) is 4.92. The summed E-state index contributed by atoms with van der Waals surface area (Å²) in [5.74, 6) is 0.389. The van der Waals surface area contributed by atoms with E-state index in [-0.39, 0.29) is 16.3 Å². The van der Waals surface area contributed by atoms with E-state index in [0.717, 1.165) is 12.0 Å². The highest BCUT2D eigenvalue weighted by molar-refractivity contribution is 5.85. The van der Waals surface area contributed by atoms with E-state index in [9.17, 15) is 4.79 Å². The van der Waals surface area contributed by atoms with Gasteiger partial charge in [-0.15, -0.1) is 0 Å². The van der Waals surface area contributed by atoms with Gasteiger partial charge in [-0.3, -0.25) is 4.79 Å². The van der Waals surface area contributed by atoms with E-state index < -0.39 is 0 Å². The van der Waals surface area contributed by atoms with Crippen molar-refractivity contribution in [3.63, 3.8) is 0 Å². The second-order valence-electron chi connectivity index (χ2n) is 8.72. The van der Waals surface area contributed by atoms with E-state index in [1.165, 1.54) is 22.3 Å². The maximum absolute atomic E-state index is 12.4. The largest absolute Gasteiger partial charge is 0.290 e. The van der Waals surface area contributed by atoms with Crippen LogP contribution in [-0.2, 0) is 6.42 Å². The number of fused-ring (bicyclic) bond motifs is 2. The normalized spacial score (nSPS) is 20.8. The summed E-state index contributed by atoms with van der Waals surface area (Å²) in [6.07, 6.45) is 3.26. The van der Waals surface area contributed by atoms with E-state index in [1.807, 2.05) is 12.1 Å². The van der Waals surface area contributed by atoms with Gasteiger partial charge in [0.25, 0.3) is 0 Å². The molecule has 1 aromatic carbocycles. The zero-order valence-electron chi connectivity index (χ0n) is 14.6. The molecule has 1 nitrogen and oxygen atoms in total. The summed E-state index contributed by atoms with van der Waals surface area (Å²) < 4.78 is 0. The van der Waals surface area contributed by atoms with Crippen LogP contribution in [0.15, 0.2) is 46.3 Å². The molecule has 2 aliphatic carbocycles. The molecule has 0 aromatic heterocycles. The fourth-order valence-electron chi connectivity index (χ4n) is 3.83. The first-order valence-electron chi connectivity index (χ1n) is 8.19. The third kappa shape index (κ3) is 2.27. The fraction of sp³-hybridized carbons (Fsp3) is 0.476. The summed E-state index contributed by atoms with van der Waals surface area (Å²) in [6, 6.07) is 7.70. The number of hydrogen-bond donors (Lipinski definition) is 0. The minimum absolute atomic E-state index is 0.119. The maximum Gasteiger partial charge on any atom is 0.182 e. The highest BCUT2D eigenvalue weighted by Crippen LogP contribution is 2.54. The Morgan fingerprint density at radius 1 is 1.00 bits per heavy atom. The van der Waals surface area contributed by atoms with Crippen molar-refractivity contribution in [3.8, 4) is 0 Å². The van der Waals surface area contributed by atoms with Crippen molar-refractivity contribution in [1.82, 2.24) is 0 Å². The first kappa shape index (κ1) is 15.3. The molecule has 1 atom stereocenters. The van der Waals surface area contributed by atoms with Crippen LogP contribution in [0.3, 0.4) is 0 Å². The Morgan fingerprint density at radius 2 is 1.64 bits per heavy atom. The molecule has 0 spiro atoms. The van der Waals surface area contributed by atoms with Crippen LogP contribution in [0.1, 0.15) is 52.7 Å². The molecule has 0 saturated carbocycles. The molecule has 0 heterocycles. The monoisotopic (exact) mass is 294 g/mol. The molecule has 2 aliphatic rings. The lowest BCUT2D eigenvalue weighted by molar-refractivity contribution is 0.352. The van der Waals surface area contributed by atoms with Crippen molar-refractivity contribution >= 4 is 5.57 Å².